The zero-order chi connectivity index (χ0) is 21.9. The van der Waals surface area contributed by atoms with Gasteiger partial charge in [0.15, 0.2) is 0 Å². The van der Waals surface area contributed by atoms with E-state index in [4.69, 9.17) is 15.2 Å². The van der Waals surface area contributed by atoms with E-state index in [2.05, 4.69) is 16.4 Å². The molecule has 0 amide bonds. The number of nitrogens with zero attached hydrogens (tertiary/aromatic N) is 1. The highest BCUT2D eigenvalue weighted by atomic mass is 16.5. The summed E-state index contributed by atoms with van der Waals surface area (Å²) >= 11 is 0. The molecule has 6 heteroatoms. The quantitative estimate of drug-likeness (QED) is 0.479. The van der Waals surface area contributed by atoms with Gasteiger partial charge in [0.1, 0.15) is 5.75 Å². The summed E-state index contributed by atoms with van der Waals surface area (Å²) in [6.07, 6.45) is 8.80. The molecular formula is C24H31N3O3. The summed E-state index contributed by atoms with van der Waals surface area (Å²) in [5.41, 5.74) is 11.2. The first kappa shape index (κ1) is 23.0. The standard InChI is InChI=1S/C24H31N3O3/c1-5-30-24(28)15-22(17(2)18-10-12-21(29-4)13-11-18)23(26-3)16-27-20-9-7-6-8-19(25)14-20/h6,8-14,27H,5,7,15-16,25H2,1-4H3/b22-17+,26-23?. The molecule has 0 aromatic heterocycles. The summed E-state index contributed by atoms with van der Waals surface area (Å²) in [6.45, 7) is 4.61. The van der Waals surface area contributed by atoms with Gasteiger partial charge < -0.3 is 20.5 Å². The maximum atomic E-state index is 12.3. The minimum Gasteiger partial charge on any atom is -0.497 e. The van der Waals surface area contributed by atoms with Crippen LogP contribution in [-0.4, -0.2) is 39.0 Å². The number of ether oxygens (including phenoxy) is 2. The van der Waals surface area contributed by atoms with Gasteiger partial charge in [-0.05, 0) is 61.3 Å². The van der Waals surface area contributed by atoms with Gasteiger partial charge in [0.25, 0.3) is 0 Å². The number of nitrogens with two attached hydrogens (primary N) is 1. The molecule has 0 saturated heterocycles. The highest BCUT2D eigenvalue weighted by Crippen LogP contribution is 2.24. The van der Waals surface area contributed by atoms with Crippen molar-refractivity contribution in [2.24, 2.45) is 10.7 Å². The summed E-state index contributed by atoms with van der Waals surface area (Å²) in [5.74, 6) is 0.506. The Balaban J connectivity index is 2.32. The summed E-state index contributed by atoms with van der Waals surface area (Å²) < 4.78 is 10.4. The summed E-state index contributed by atoms with van der Waals surface area (Å²) in [4.78, 5) is 16.8. The second-order valence-electron chi connectivity index (χ2n) is 6.78. The van der Waals surface area contributed by atoms with Crippen LogP contribution in [0.25, 0.3) is 5.57 Å². The smallest absolute Gasteiger partial charge is 0.310 e. The Bertz CT molecular complexity index is 891. The van der Waals surface area contributed by atoms with Crippen molar-refractivity contribution in [3.05, 3.63) is 71.1 Å². The van der Waals surface area contributed by atoms with Gasteiger partial charge in [0.2, 0.25) is 0 Å². The van der Waals surface area contributed by atoms with Crippen LogP contribution in [0.5, 0.6) is 5.75 Å². The van der Waals surface area contributed by atoms with Crippen LogP contribution < -0.4 is 15.8 Å². The van der Waals surface area contributed by atoms with E-state index in [0.29, 0.717) is 18.8 Å². The molecule has 0 bridgehead atoms. The molecule has 2 rings (SSSR count). The second-order valence-corrected chi connectivity index (χ2v) is 6.78. The van der Waals surface area contributed by atoms with E-state index in [0.717, 1.165) is 40.3 Å². The largest absolute Gasteiger partial charge is 0.497 e. The number of hydrogen-bond donors (Lipinski definition) is 2. The van der Waals surface area contributed by atoms with E-state index in [-0.39, 0.29) is 12.4 Å². The Kier molecular flexibility index (Phi) is 8.94. The third kappa shape index (κ3) is 6.65. The van der Waals surface area contributed by atoms with Crippen LogP contribution in [0, 0.1) is 0 Å². The number of methoxy groups -OCH3 is 1. The van der Waals surface area contributed by atoms with Crippen molar-refractivity contribution in [2.75, 3.05) is 27.3 Å². The van der Waals surface area contributed by atoms with Gasteiger partial charge in [0, 0.05) is 18.4 Å². The molecule has 0 fully saturated rings. The molecule has 30 heavy (non-hydrogen) atoms. The van der Waals surface area contributed by atoms with Crippen LogP contribution in [0.4, 0.5) is 0 Å². The molecule has 0 spiro atoms. The topological polar surface area (TPSA) is 85.9 Å². The van der Waals surface area contributed by atoms with Gasteiger partial charge in [-0.25, -0.2) is 0 Å². The maximum absolute atomic E-state index is 12.3. The van der Waals surface area contributed by atoms with Gasteiger partial charge in [-0.3, -0.25) is 9.79 Å². The molecule has 1 aliphatic rings. The molecule has 1 aromatic carbocycles. The molecular weight excluding hydrogens is 378 g/mol. The minimum absolute atomic E-state index is 0.151. The minimum atomic E-state index is -0.275. The van der Waals surface area contributed by atoms with Gasteiger partial charge >= 0.3 is 5.97 Å². The fourth-order valence-electron chi connectivity index (χ4n) is 3.14. The fourth-order valence-corrected chi connectivity index (χ4v) is 3.14. The van der Waals surface area contributed by atoms with Crippen molar-refractivity contribution in [1.82, 2.24) is 5.32 Å². The predicted octanol–water partition coefficient (Wildman–Crippen LogP) is 3.77. The first-order valence-electron chi connectivity index (χ1n) is 10.0. The summed E-state index contributed by atoms with van der Waals surface area (Å²) in [5, 5.41) is 3.38. The molecule has 3 N–H and O–H groups in total. The average Bonchev–Trinajstić information content (AvgIpc) is 2.96. The number of esters is 1. The molecule has 1 aliphatic carbocycles. The Morgan fingerprint density at radius 2 is 2.00 bits per heavy atom. The highest BCUT2D eigenvalue weighted by molar-refractivity contribution is 6.10. The van der Waals surface area contributed by atoms with Crippen molar-refractivity contribution in [3.63, 3.8) is 0 Å². The molecule has 0 heterocycles. The number of carbonyl (C=O) groups excluding carboxylic acids is 1. The fraction of sp³-hybridized carbons (Fsp3) is 0.333. The van der Waals surface area contributed by atoms with Gasteiger partial charge in [-0.2, -0.15) is 0 Å². The Labute approximate surface area is 178 Å². The average molecular weight is 410 g/mol. The van der Waals surface area contributed by atoms with E-state index in [1.807, 2.05) is 49.4 Å². The van der Waals surface area contributed by atoms with Gasteiger partial charge in [-0.15, -0.1) is 0 Å². The van der Waals surface area contributed by atoms with E-state index in [9.17, 15) is 4.79 Å². The van der Waals surface area contributed by atoms with Gasteiger partial charge in [0.05, 0.1) is 32.4 Å². The van der Waals surface area contributed by atoms with Crippen LogP contribution in [-0.2, 0) is 9.53 Å². The zero-order valence-electron chi connectivity index (χ0n) is 18.2. The summed E-state index contributed by atoms with van der Waals surface area (Å²) in [7, 11) is 3.37. The molecule has 0 unspecified atom stereocenters. The monoisotopic (exact) mass is 409 g/mol. The van der Waals surface area contributed by atoms with Crippen LogP contribution in [0.15, 0.2) is 70.5 Å². The second kappa shape index (κ2) is 11.7. The molecule has 6 nitrogen and oxygen atoms in total. The number of rotatable bonds is 9. The third-order valence-electron chi connectivity index (χ3n) is 4.79. The molecule has 0 saturated carbocycles. The Morgan fingerprint density at radius 1 is 1.27 bits per heavy atom. The first-order chi connectivity index (χ1) is 14.5. The Morgan fingerprint density at radius 3 is 2.63 bits per heavy atom. The molecule has 0 radical (unpaired) electrons. The van der Waals surface area contributed by atoms with Crippen molar-refractivity contribution >= 4 is 17.3 Å². The van der Waals surface area contributed by atoms with Crippen LogP contribution in [0.3, 0.4) is 0 Å². The number of benzene rings is 1. The molecule has 1 aromatic rings. The lowest BCUT2D eigenvalue weighted by molar-refractivity contribution is -0.142. The third-order valence-corrected chi connectivity index (χ3v) is 4.79. The molecule has 0 atom stereocenters. The predicted molar refractivity (Wildman–Crippen MR) is 122 cm³/mol. The van der Waals surface area contributed by atoms with Crippen molar-refractivity contribution in [1.29, 1.82) is 0 Å². The number of aliphatic imine (C=N–C) groups is 1. The summed E-state index contributed by atoms with van der Waals surface area (Å²) in [6, 6.07) is 7.75. The maximum Gasteiger partial charge on any atom is 0.310 e. The zero-order valence-corrected chi connectivity index (χ0v) is 18.2. The van der Waals surface area contributed by atoms with Crippen LogP contribution >= 0.6 is 0 Å². The molecule has 160 valence electrons. The first-order valence-corrected chi connectivity index (χ1v) is 10.0. The highest BCUT2D eigenvalue weighted by Gasteiger charge is 2.17. The van der Waals surface area contributed by atoms with Crippen molar-refractivity contribution in [3.8, 4) is 5.75 Å². The number of hydrogen-bond acceptors (Lipinski definition) is 6. The normalized spacial score (nSPS) is 14.9. The van der Waals surface area contributed by atoms with Crippen molar-refractivity contribution in [2.45, 2.75) is 26.7 Å². The van der Waals surface area contributed by atoms with Crippen molar-refractivity contribution < 1.29 is 14.3 Å². The van der Waals surface area contributed by atoms with E-state index >= 15 is 0 Å². The lowest BCUT2D eigenvalue weighted by atomic mass is 9.95. The number of carbonyl (C=O) groups is 1. The van der Waals surface area contributed by atoms with Crippen LogP contribution in [0.2, 0.25) is 0 Å². The lowest BCUT2D eigenvalue weighted by Gasteiger charge is -2.17. The van der Waals surface area contributed by atoms with E-state index < -0.39 is 0 Å². The van der Waals surface area contributed by atoms with Crippen LogP contribution in [0.1, 0.15) is 32.3 Å². The lowest BCUT2D eigenvalue weighted by Crippen LogP contribution is -2.25. The Hall–Kier alpha value is -3.28. The van der Waals surface area contributed by atoms with E-state index in [1.165, 1.54) is 0 Å². The van der Waals surface area contributed by atoms with E-state index in [1.54, 1.807) is 21.1 Å². The SMILES string of the molecule is CCOC(=O)C/C(C(CNC1=CCC=CC(N)=C1)=NC)=C(/C)c1ccc(OC)cc1. The number of nitrogens with one attached hydrogen (secondary N) is 1. The molecule has 0 aliphatic heterocycles. The number of allylic oxidation sites excluding steroid dienone is 5. The van der Waals surface area contributed by atoms with Gasteiger partial charge in [-0.1, -0.05) is 24.3 Å².